The highest BCUT2D eigenvalue weighted by atomic mass is 16.6. The van der Waals surface area contributed by atoms with Gasteiger partial charge >= 0.3 is 17.9 Å². The molecule has 0 aliphatic rings. The summed E-state index contributed by atoms with van der Waals surface area (Å²) in [5.41, 5.74) is 0. The third kappa shape index (κ3) is 56.0. The maximum Gasteiger partial charge on any atom is 0.306 e. The van der Waals surface area contributed by atoms with Crippen molar-refractivity contribution in [1.82, 2.24) is 0 Å². The van der Waals surface area contributed by atoms with E-state index in [1.165, 1.54) is 173 Å². The van der Waals surface area contributed by atoms with Crippen LogP contribution < -0.4 is 0 Å². The number of carbonyl (C=O) groups excluding carboxylic acids is 3. The van der Waals surface area contributed by atoms with Gasteiger partial charge in [0.05, 0.1) is 0 Å². The highest BCUT2D eigenvalue weighted by molar-refractivity contribution is 5.71. The fraction of sp³-hybridized carbons (Fsp3) is 0.797. The van der Waals surface area contributed by atoms with E-state index in [4.69, 9.17) is 14.2 Å². The minimum absolute atomic E-state index is 0.0723. The quantitative estimate of drug-likeness (QED) is 0.0261. The summed E-state index contributed by atoms with van der Waals surface area (Å²) in [6.45, 7) is 6.48. The van der Waals surface area contributed by atoms with Gasteiger partial charge in [-0.15, -0.1) is 0 Å². The van der Waals surface area contributed by atoms with E-state index in [0.29, 0.717) is 19.3 Å². The van der Waals surface area contributed by atoms with E-state index in [-0.39, 0.29) is 31.1 Å². The Hall–Kier alpha value is -2.89. The molecule has 0 aromatic rings. The molecular formula is C64H114O6. The number of hydrogen-bond donors (Lipinski definition) is 0. The van der Waals surface area contributed by atoms with Gasteiger partial charge in [-0.1, -0.05) is 287 Å². The molecule has 0 aliphatic carbocycles. The number of allylic oxidation sites excluding steroid dienone is 10. The highest BCUT2D eigenvalue weighted by Crippen LogP contribution is 2.17. The predicted octanol–water partition coefficient (Wildman–Crippen LogP) is 20.4. The van der Waals surface area contributed by atoms with Crippen molar-refractivity contribution < 1.29 is 28.6 Å². The Kier molecular flexibility index (Phi) is 56.3. The van der Waals surface area contributed by atoms with Gasteiger partial charge in [-0.25, -0.2) is 0 Å². The summed E-state index contributed by atoms with van der Waals surface area (Å²) in [5.74, 6) is -0.874. The third-order valence-corrected chi connectivity index (χ3v) is 13.3. The second kappa shape index (κ2) is 58.7. The maximum absolute atomic E-state index is 12.8. The van der Waals surface area contributed by atoms with Gasteiger partial charge in [-0.3, -0.25) is 14.4 Å². The molecule has 6 heteroatoms. The first-order valence-corrected chi connectivity index (χ1v) is 30.3. The number of carbonyl (C=O) groups is 3. The molecule has 0 heterocycles. The summed E-state index contributed by atoms with van der Waals surface area (Å²) in [7, 11) is 0. The molecule has 1 unspecified atom stereocenters. The van der Waals surface area contributed by atoms with Crippen molar-refractivity contribution in [1.29, 1.82) is 0 Å². The molecule has 1 atom stereocenters. The van der Waals surface area contributed by atoms with E-state index >= 15 is 0 Å². The third-order valence-electron chi connectivity index (χ3n) is 13.3. The van der Waals surface area contributed by atoms with Crippen LogP contribution in [-0.4, -0.2) is 37.2 Å². The van der Waals surface area contributed by atoms with Crippen molar-refractivity contribution in [2.24, 2.45) is 0 Å². The van der Waals surface area contributed by atoms with E-state index < -0.39 is 6.10 Å². The zero-order chi connectivity index (χ0) is 50.7. The fourth-order valence-electron chi connectivity index (χ4n) is 8.77. The van der Waals surface area contributed by atoms with E-state index in [0.717, 1.165) is 96.3 Å². The van der Waals surface area contributed by atoms with Crippen LogP contribution in [0.15, 0.2) is 60.8 Å². The second-order valence-corrected chi connectivity index (χ2v) is 20.2. The molecule has 0 bridgehead atoms. The Morgan fingerprint density at radius 2 is 0.557 bits per heavy atom. The largest absolute Gasteiger partial charge is 0.462 e. The van der Waals surface area contributed by atoms with Crippen LogP contribution in [0.25, 0.3) is 0 Å². The first kappa shape index (κ1) is 67.1. The molecule has 70 heavy (non-hydrogen) atoms. The molecule has 6 nitrogen and oxygen atoms in total. The molecule has 0 saturated carbocycles. The van der Waals surface area contributed by atoms with E-state index in [1.807, 2.05) is 0 Å². The van der Waals surface area contributed by atoms with Crippen LogP contribution in [0, 0.1) is 0 Å². The van der Waals surface area contributed by atoms with Gasteiger partial charge < -0.3 is 14.2 Å². The minimum atomic E-state index is -0.769. The number of esters is 3. The van der Waals surface area contributed by atoms with E-state index in [1.54, 1.807) is 0 Å². The first-order chi connectivity index (χ1) is 34.5. The minimum Gasteiger partial charge on any atom is -0.462 e. The lowest BCUT2D eigenvalue weighted by Gasteiger charge is -2.18. The van der Waals surface area contributed by atoms with Gasteiger partial charge in [-0.2, -0.15) is 0 Å². The summed E-state index contributed by atoms with van der Waals surface area (Å²) < 4.78 is 16.8. The SMILES string of the molecule is CC/C=C\C/C=C\C/C=C\C/C=C\C/C=C\CCCCCCCCCCCCCC(=O)OCC(COC(=O)CCCCCCC)OC(=O)CCCCCCCCCCCCCCCCCCCCCC. The molecule has 406 valence electrons. The summed E-state index contributed by atoms with van der Waals surface area (Å²) >= 11 is 0. The van der Waals surface area contributed by atoms with Crippen LogP contribution in [0.1, 0.15) is 310 Å². The summed E-state index contributed by atoms with van der Waals surface area (Å²) in [6.07, 6.45) is 74.1. The zero-order valence-corrected chi connectivity index (χ0v) is 46.5. The Balaban J connectivity index is 4.04. The second-order valence-electron chi connectivity index (χ2n) is 20.2. The number of hydrogen-bond acceptors (Lipinski definition) is 6. The van der Waals surface area contributed by atoms with Gasteiger partial charge in [0, 0.05) is 19.3 Å². The summed E-state index contributed by atoms with van der Waals surface area (Å²) in [4.78, 5) is 37.9. The lowest BCUT2D eigenvalue weighted by Crippen LogP contribution is -2.30. The highest BCUT2D eigenvalue weighted by Gasteiger charge is 2.19. The fourth-order valence-corrected chi connectivity index (χ4v) is 8.77. The maximum atomic E-state index is 12.8. The van der Waals surface area contributed by atoms with Crippen LogP contribution in [-0.2, 0) is 28.6 Å². The average molecular weight is 980 g/mol. The number of unbranched alkanes of at least 4 members (excludes halogenated alkanes) is 34. The van der Waals surface area contributed by atoms with Crippen molar-refractivity contribution in [2.45, 2.75) is 316 Å². The van der Waals surface area contributed by atoms with Gasteiger partial charge in [0.15, 0.2) is 6.10 Å². The lowest BCUT2D eigenvalue weighted by molar-refractivity contribution is -0.167. The smallest absolute Gasteiger partial charge is 0.306 e. The zero-order valence-electron chi connectivity index (χ0n) is 46.5. The molecule has 0 aromatic carbocycles. The molecule has 0 spiro atoms. The molecule has 0 fully saturated rings. The Morgan fingerprint density at radius 3 is 0.871 bits per heavy atom. The van der Waals surface area contributed by atoms with Crippen LogP contribution in [0.4, 0.5) is 0 Å². The van der Waals surface area contributed by atoms with Crippen molar-refractivity contribution >= 4 is 17.9 Å². The first-order valence-electron chi connectivity index (χ1n) is 30.3. The number of rotatable bonds is 55. The topological polar surface area (TPSA) is 78.9 Å². The Morgan fingerprint density at radius 1 is 0.300 bits per heavy atom. The van der Waals surface area contributed by atoms with E-state index in [9.17, 15) is 14.4 Å². The summed E-state index contributed by atoms with van der Waals surface area (Å²) in [6, 6.07) is 0. The van der Waals surface area contributed by atoms with Gasteiger partial charge in [0.1, 0.15) is 13.2 Å². The summed E-state index contributed by atoms with van der Waals surface area (Å²) in [5, 5.41) is 0. The molecular weight excluding hydrogens is 865 g/mol. The predicted molar refractivity (Wildman–Crippen MR) is 302 cm³/mol. The molecule has 0 radical (unpaired) electrons. The van der Waals surface area contributed by atoms with Gasteiger partial charge in [-0.05, 0) is 64.2 Å². The Labute approximate surface area is 434 Å². The molecule has 0 rings (SSSR count). The van der Waals surface area contributed by atoms with Gasteiger partial charge in [0.2, 0.25) is 0 Å². The standard InChI is InChI=1S/C64H114O6/c1-4-7-10-13-15-17-19-21-23-25-27-29-30-31-32-33-34-35-37-38-40-42-44-46-48-51-54-57-63(66)69-60-61(59-68-62(65)56-53-50-12-9-6-3)70-64(67)58-55-52-49-47-45-43-41-39-36-28-26-24-22-20-18-16-14-11-8-5-2/h7,10,15,17,21,23,27,29,31-32,61H,4-6,8-9,11-14,16,18-20,22,24-26,28,30,33-60H2,1-3H3/b10-7-,17-15-,23-21-,29-27-,32-31-. The van der Waals surface area contributed by atoms with Crippen LogP contribution in [0.3, 0.4) is 0 Å². The van der Waals surface area contributed by atoms with Gasteiger partial charge in [0.25, 0.3) is 0 Å². The van der Waals surface area contributed by atoms with Crippen LogP contribution in [0.5, 0.6) is 0 Å². The van der Waals surface area contributed by atoms with Crippen molar-refractivity contribution in [2.75, 3.05) is 13.2 Å². The normalized spacial score (nSPS) is 12.4. The molecule has 0 aromatic heterocycles. The van der Waals surface area contributed by atoms with Crippen molar-refractivity contribution in [3.8, 4) is 0 Å². The number of ether oxygens (including phenoxy) is 3. The van der Waals surface area contributed by atoms with E-state index in [2.05, 4.69) is 81.5 Å². The Bertz CT molecular complexity index is 1260. The van der Waals surface area contributed by atoms with Crippen LogP contribution >= 0.6 is 0 Å². The monoisotopic (exact) mass is 979 g/mol. The van der Waals surface area contributed by atoms with Crippen molar-refractivity contribution in [3.05, 3.63) is 60.8 Å². The van der Waals surface area contributed by atoms with Crippen molar-refractivity contribution in [3.63, 3.8) is 0 Å². The molecule has 0 aliphatic heterocycles. The molecule has 0 N–H and O–H groups in total. The van der Waals surface area contributed by atoms with Crippen LogP contribution in [0.2, 0.25) is 0 Å². The molecule has 0 amide bonds. The lowest BCUT2D eigenvalue weighted by atomic mass is 10.0. The molecule has 0 saturated heterocycles. The average Bonchev–Trinajstić information content (AvgIpc) is 3.36.